The number of nitrogens with two attached hydrogens (primary N) is 1. The third-order valence-electron chi connectivity index (χ3n) is 4.60. The van der Waals surface area contributed by atoms with Crippen LogP contribution in [0.2, 0.25) is 0 Å². The van der Waals surface area contributed by atoms with Crippen molar-refractivity contribution in [1.29, 1.82) is 0 Å². The maximum Gasteiger partial charge on any atom is 0.222 e. The van der Waals surface area contributed by atoms with Crippen LogP contribution in [-0.2, 0) is 11.3 Å². The molecule has 0 saturated carbocycles. The Morgan fingerprint density at radius 3 is 2.29 bits per heavy atom. The fourth-order valence-corrected chi connectivity index (χ4v) is 2.91. The molecule has 1 aromatic rings. The molecular formula is C20H35N3O. The van der Waals surface area contributed by atoms with Crippen molar-refractivity contribution in [3.05, 3.63) is 35.9 Å². The van der Waals surface area contributed by atoms with Crippen LogP contribution in [0.3, 0.4) is 0 Å². The Labute approximate surface area is 148 Å². The predicted octanol–water partition coefficient (Wildman–Crippen LogP) is 2.98. The van der Waals surface area contributed by atoms with Gasteiger partial charge in [-0.25, -0.2) is 0 Å². The predicted molar refractivity (Wildman–Crippen MR) is 102 cm³/mol. The number of carbonyl (C=O) groups excluding carboxylic acids is 1. The summed E-state index contributed by atoms with van der Waals surface area (Å²) < 4.78 is 0. The van der Waals surface area contributed by atoms with Crippen LogP contribution in [0.4, 0.5) is 0 Å². The van der Waals surface area contributed by atoms with Crippen molar-refractivity contribution in [3.63, 3.8) is 0 Å². The van der Waals surface area contributed by atoms with Crippen LogP contribution in [-0.4, -0.2) is 49.4 Å². The molecule has 24 heavy (non-hydrogen) atoms. The molecule has 0 aromatic heterocycles. The van der Waals surface area contributed by atoms with Crippen molar-refractivity contribution in [2.45, 2.75) is 39.7 Å². The number of rotatable bonds is 11. The highest BCUT2D eigenvalue weighted by atomic mass is 16.2. The highest BCUT2D eigenvalue weighted by molar-refractivity contribution is 5.76. The average molecular weight is 334 g/mol. The Balaban J connectivity index is 2.65. The van der Waals surface area contributed by atoms with Gasteiger partial charge in [-0.15, -0.1) is 0 Å². The van der Waals surface area contributed by atoms with E-state index in [1.165, 1.54) is 5.56 Å². The molecule has 1 unspecified atom stereocenters. The van der Waals surface area contributed by atoms with E-state index in [4.69, 9.17) is 5.73 Å². The Morgan fingerprint density at radius 1 is 1.08 bits per heavy atom. The summed E-state index contributed by atoms with van der Waals surface area (Å²) in [5, 5.41) is 0. The van der Waals surface area contributed by atoms with Crippen molar-refractivity contribution < 1.29 is 4.79 Å². The second-order valence-electron chi connectivity index (χ2n) is 7.22. The molecule has 1 aromatic carbocycles. The van der Waals surface area contributed by atoms with Crippen molar-refractivity contribution in [3.8, 4) is 0 Å². The van der Waals surface area contributed by atoms with E-state index in [0.29, 0.717) is 31.3 Å². The van der Waals surface area contributed by atoms with Crippen LogP contribution in [0, 0.1) is 11.8 Å². The van der Waals surface area contributed by atoms with Crippen LogP contribution in [0.5, 0.6) is 0 Å². The number of benzene rings is 1. The molecule has 0 saturated heterocycles. The lowest BCUT2D eigenvalue weighted by Crippen LogP contribution is -2.36. The van der Waals surface area contributed by atoms with Crippen LogP contribution >= 0.6 is 0 Å². The van der Waals surface area contributed by atoms with E-state index in [1.807, 2.05) is 37.2 Å². The molecule has 0 aliphatic carbocycles. The van der Waals surface area contributed by atoms with Gasteiger partial charge in [0.05, 0.1) is 0 Å². The standard InChI is InChI=1S/C20H35N3O/c1-17(2)19(12-13-21)10-11-20(24)23(15-14-22(3)4)16-18-8-6-5-7-9-18/h5-9,17,19H,10-16,21H2,1-4H3. The topological polar surface area (TPSA) is 49.6 Å². The van der Waals surface area contributed by atoms with Crippen molar-refractivity contribution >= 4 is 5.91 Å². The molecule has 1 amide bonds. The molecular weight excluding hydrogens is 298 g/mol. The molecule has 0 fully saturated rings. The Kier molecular flexibility index (Phi) is 9.65. The molecule has 0 radical (unpaired) electrons. The molecule has 0 aliphatic heterocycles. The Bertz CT molecular complexity index is 459. The van der Waals surface area contributed by atoms with Gasteiger partial charge in [-0.2, -0.15) is 0 Å². The van der Waals surface area contributed by atoms with Crippen LogP contribution in [0.25, 0.3) is 0 Å². The molecule has 0 heterocycles. The zero-order valence-corrected chi connectivity index (χ0v) is 15.9. The first-order chi connectivity index (χ1) is 11.4. The van der Waals surface area contributed by atoms with Gasteiger partial charge in [-0.1, -0.05) is 44.2 Å². The SMILES string of the molecule is CC(C)C(CCN)CCC(=O)N(CCN(C)C)Cc1ccccc1. The fourth-order valence-electron chi connectivity index (χ4n) is 2.91. The molecule has 1 atom stereocenters. The monoisotopic (exact) mass is 333 g/mol. The number of amides is 1. The van der Waals surface area contributed by atoms with Gasteiger partial charge < -0.3 is 15.5 Å². The van der Waals surface area contributed by atoms with E-state index < -0.39 is 0 Å². The van der Waals surface area contributed by atoms with E-state index in [2.05, 4.69) is 30.9 Å². The van der Waals surface area contributed by atoms with E-state index in [-0.39, 0.29) is 5.91 Å². The van der Waals surface area contributed by atoms with Gasteiger partial charge >= 0.3 is 0 Å². The third-order valence-corrected chi connectivity index (χ3v) is 4.60. The lowest BCUT2D eigenvalue weighted by molar-refractivity contribution is -0.132. The summed E-state index contributed by atoms with van der Waals surface area (Å²) in [5.41, 5.74) is 6.90. The van der Waals surface area contributed by atoms with Crippen LogP contribution in [0.15, 0.2) is 30.3 Å². The van der Waals surface area contributed by atoms with Gasteiger partial charge in [0.1, 0.15) is 0 Å². The van der Waals surface area contributed by atoms with Crippen molar-refractivity contribution in [2.75, 3.05) is 33.7 Å². The van der Waals surface area contributed by atoms with Gasteiger partial charge in [0.25, 0.3) is 0 Å². The zero-order valence-electron chi connectivity index (χ0n) is 15.9. The van der Waals surface area contributed by atoms with Gasteiger partial charge in [0.15, 0.2) is 0 Å². The zero-order chi connectivity index (χ0) is 17.9. The molecule has 0 spiro atoms. The van der Waals surface area contributed by atoms with E-state index >= 15 is 0 Å². The van der Waals surface area contributed by atoms with Gasteiger partial charge in [-0.05, 0) is 50.9 Å². The van der Waals surface area contributed by atoms with Crippen LogP contribution < -0.4 is 5.73 Å². The highest BCUT2D eigenvalue weighted by Crippen LogP contribution is 2.21. The normalized spacial score (nSPS) is 12.6. The molecule has 1 rings (SSSR count). The molecule has 4 heteroatoms. The van der Waals surface area contributed by atoms with Crippen molar-refractivity contribution in [2.24, 2.45) is 17.6 Å². The molecule has 4 nitrogen and oxygen atoms in total. The highest BCUT2D eigenvalue weighted by Gasteiger charge is 2.18. The maximum atomic E-state index is 12.8. The summed E-state index contributed by atoms with van der Waals surface area (Å²) in [6.45, 7) is 7.48. The first-order valence-corrected chi connectivity index (χ1v) is 9.10. The largest absolute Gasteiger partial charge is 0.337 e. The van der Waals surface area contributed by atoms with Crippen molar-refractivity contribution in [1.82, 2.24) is 9.80 Å². The quantitative estimate of drug-likeness (QED) is 0.677. The van der Waals surface area contributed by atoms with Gasteiger partial charge in [-0.3, -0.25) is 4.79 Å². The lowest BCUT2D eigenvalue weighted by Gasteiger charge is -2.26. The summed E-state index contributed by atoms with van der Waals surface area (Å²) in [4.78, 5) is 16.9. The first kappa shape index (κ1) is 20.7. The second-order valence-corrected chi connectivity index (χ2v) is 7.22. The Hall–Kier alpha value is -1.39. The number of hydrogen-bond acceptors (Lipinski definition) is 3. The minimum absolute atomic E-state index is 0.253. The summed E-state index contributed by atoms with van der Waals surface area (Å²) >= 11 is 0. The van der Waals surface area contributed by atoms with Gasteiger partial charge in [0, 0.05) is 26.1 Å². The molecule has 136 valence electrons. The summed E-state index contributed by atoms with van der Waals surface area (Å²) in [6, 6.07) is 10.2. The summed E-state index contributed by atoms with van der Waals surface area (Å²) in [7, 11) is 4.09. The minimum Gasteiger partial charge on any atom is -0.337 e. The summed E-state index contributed by atoms with van der Waals surface area (Å²) in [6.07, 6.45) is 2.55. The fraction of sp³-hybridized carbons (Fsp3) is 0.650. The second kappa shape index (κ2) is 11.2. The maximum absolute atomic E-state index is 12.8. The van der Waals surface area contributed by atoms with Gasteiger partial charge in [0.2, 0.25) is 5.91 Å². The van der Waals surface area contributed by atoms with E-state index in [0.717, 1.165) is 25.9 Å². The van der Waals surface area contributed by atoms with E-state index in [9.17, 15) is 4.79 Å². The van der Waals surface area contributed by atoms with E-state index in [1.54, 1.807) is 0 Å². The Morgan fingerprint density at radius 2 is 1.75 bits per heavy atom. The number of hydrogen-bond donors (Lipinski definition) is 1. The molecule has 2 N–H and O–H groups in total. The molecule has 0 bridgehead atoms. The third kappa shape index (κ3) is 7.93. The minimum atomic E-state index is 0.253. The lowest BCUT2D eigenvalue weighted by atomic mass is 9.88. The number of nitrogens with zero attached hydrogens (tertiary/aromatic N) is 2. The summed E-state index contributed by atoms with van der Waals surface area (Å²) in [5.74, 6) is 1.36. The average Bonchev–Trinajstić information content (AvgIpc) is 2.55. The number of carbonyl (C=O) groups is 1. The van der Waals surface area contributed by atoms with Crippen LogP contribution in [0.1, 0.15) is 38.7 Å². The smallest absolute Gasteiger partial charge is 0.222 e. The first-order valence-electron chi connectivity index (χ1n) is 9.10. The number of likely N-dealkylation sites (N-methyl/N-ethyl adjacent to an activating group) is 1. The molecule has 0 aliphatic rings.